The molecule has 4 atom stereocenters. The van der Waals surface area contributed by atoms with E-state index in [9.17, 15) is 10.2 Å². The third kappa shape index (κ3) is 1.12. The minimum Gasteiger partial charge on any atom is -0.389 e. The van der Waals surface area contributed by atoms with E-state index in [0.29, 0.717) is 12.3 Å². The Hall–Kier alpha value is -0.600. The summed E-state index contributed by atoms with van der Waals surface area (Å²) in [5, 5.41) is 21.0. The third-order valence-corrected chi connectivity index (χ3v) is 4.68. The second-order valence-electron chi connectivity index (χ2n) is 5.50. The van der Waals surface area contributed by atoms with Crippen molar-refractivity contribution in [1.82, 2.24) is 0 Å². The summed E-state index contributed by atoms with van der Waals surface area (Å²) in [7, 11) is 0. The van der Waals surface area contributed by atoms with Crippen LogP contribution in [0.2, 0.25) is 0 Å². The summed E-state index contributed by atoms with van der Waals surface area (Å²) in [5.41, 5.74) is 0.0660. The number of aliphatic hydroxyl groups is 2. The largest absolute Gasteiger partial charge is 0.389 e. The van der Waals surface area contributed by atoms with Crippen LogP contribution in [0.5, 0.6) is 0 Å². The van der Waals surface area contributed by atoms with Gasteiger partial charge in [-0.3, -0.25) is 0 Å². The maximum atomic E-state index is 10.5. The first-order valence-electron chi connectivity index (χ1n) is 5.85. The van der Waals surface area contributed by atoms with E-state index in [0.717, 1.165) is 25.7 Å². The van der Waals surface area contributed by atoms with Crippen molar-refractivity contribution < 1.29 is 10.2 Å². The second kappa shape index (κ2) is 2.74. The SMILES string of the molecule is C=CCC1(O)C=C2CCC3(O)CC1CC23. The van der Waals surface area contributed by atoms with Gasteiger partial charge in [0.1, 0.15) is 0 Å². The molecule has 3 aliphatic rings. The van der Waals surface area contributed by atoms with E-state index in [1.165, 1.54) is 5.57 Å². The zero-order valence-corrected chi connectivity index (χ0v) is 8.95. The molecule has 2 fully saturated rings. The van der Waals surface area contributed by atoms with E-state index >= 15 is 0 Å². The molecule has 0 radical (unpaired) electrons. The van der Waals surface area contributed by atoms with Crippen LogP contribution in [0.4, 0.5) is 0 Å². The monoisotopic (exact) mass is 206 g/mol. The van der Waals surface area contributed by atoms with Gasteiger partial charge in [0.15, 0.2) is 0 Å². The van der Waals surface area contributed by atoms with Gasteiger partial charge >= 0.3 is 0 Å². The Balaban J connectivity index is 2.03. The fraction of sp³-hybridized carbons (Fsp3) is 0.692. The summed E-state index contributed by atoms with van der Waals surface area (Å²) < 4.78 is 0. The Bertz CT molecular complexity index is 346. The van der Waals surface area contributed by atoms with Crippen molar-refractivity contribution >= 4 is 0 Å². The molecule has 0 amide bonds. The summed E-state index contributed by atoms with van der Waals surface area (Å²) in [6, 6.07) is 0. The van der Waals surface area contributed by atoms with Crippen molar-refractivity contribution in [2.45, 2.75) is 43.3 Å². The van der Waals surface area contributed by atoms with Crippen LogP contribution in [0.25, 0.3) is 0 Å². The molecule has 0 heterocycles. The predicted octanol–water partition coefficient (Wildman–Crippen LogP) is 1.78. The van der Waals surface area contributed by atoms with E-state index < -0.39 is 11.2 Å². The molecule has 4 unspecified atom stereocenters. The van der Waals surface area contributed by atoms with Crippen molar-refractivity contribution in [3.05, 3.63) is 24.3 Å². The zero-order valence-electron chi connectivity index (χ0n) is 8.95. The van der Waals surface area contributed by atoms with Gasteiger partial charge in [0.2, 0.25) is 0 Å². The molecule has 2 bridgehead atoms. The molecule has 2 nitrogen and oxygen atoms in total. The summed E-state index contributed by atoms with van der Waals surface area (Å²) >= 11 is 0. The van der Waals surface area contributed by atoms with Gasteiger partial charge in [-0.15, -0.1) is 6.58 Å². The van der Waals surface area contributed by atoms with Gasteiger partial charge in [-0.25, -0.2) is 0 Å². The molecule has 0 aromatic carbocycles. The normalized spacial score (nSPS) is 51.7. The van der Waals surface area contributed by atoms with Crippen LogP contribution in [0.1, 0.15) is 32.1 Å². The van der Waals surface area contributed by atoms with Gasteiger partial charge in [-0.1, -0.05) is 17.7 Å². The molecule has 0 saturated heterocycles. The molecule has 15 heavy (non-hydrogen) atoms. The molecular formula is C13H18O2. The molecule has 3 aliphatic carbocycles. The lowest BCUT2D eigenvalue weighted by molar-refractivity contribution is 0.000561. The molecule has 3 rings (SSSR count). The fourth-order valence-electron chi connectivity index (χ4n) is 3.91. The molecule has 2 N–H and O–H groups in total. The van der Waals surface area contributed by atoms with Crippen LogP contribution < -0.4 is 0 Å². The molecule has 2 saturated carbocycles. The highest BCUT2D eigenvalue weighted by Gasteiger charge is 2.58. The predicted molar refractivity (Wildman–Crippen MR) is 58.2 cm³/mol. The molecule has 0 aromatic heterocycles. The van der Waals surface area contributed by atoms with Crippen LogP contribution in [-0.2, 0) is 0 Å². The van der Waals surface area contributed by atoms with Gasteiger partial charge in [-0.05, 0) is 38.0 Å². The highest BCUT2D eigenvalue weighted by Crippen LogP contribution is 2.59. The molecular weight excluding hydrogens is 188 g/mol. The average Bonchev–Trinajstić information content (AvgIpc) is 2.61. The quantitative estimate of drug-likeness (QED) is 0.676. The number of fused-ring (bicyclic) bond motifs is 1. The first-order valence-corrected chi connectivity index (χ1v) is 5.85. The first kappa shape index (κ1) is 9.61. The van der Waals surface area contributed by atoms with E-state index in [1.54, 1.807) is 6.08 Å². The average molecular weight is 206 g/mol. The Morgan fingerprint density at radius 2 is 2.33 bits per heavy atom. The van der Waals surface area contributed by atoms with Crippen LogP contribution >= 0.6 is 0 Å². The van der Waals surface area contributed by atoms with E-state index in [4.69, 9.17) is 0 Å². The second-order valence-corrected chi connectivity index (χ2v) is 5.50. The Morgan fingerprint density at radius 3 is 3.07 bits per heavy atom. The zero-order chi connectivity index (χ0) is 10.7. The lowest BCUT2D eigenvalue weighted by atomic mass is 9.76. The summed E-state index contributed by atoms with van der Waals surface area (Å²) in [4.78, 5) is 0. The number of hydrogen-bond donors (Lipinski definition) is 2. The Morgan fingerprint density at radius 1 is 1.53 bits per heavy atom. The molecule has 0 spiro atoms. The van der Waals surface area contributed by atoms with Crippen molar-refractivity contribution in [2.75, 3.05) is 0 Å². The lowest BCUT2D eigenvalue weighted by Crippen LogP contribution is -2.37. The smallest absolute Gasteiger partial charge is 0.0893 e. The summed E-state index contributed by atoms with van der Waals surface area (Å²) in [6.07, 6.45) is 8.02. The Labute approximate surface area is 90.3 Å². The minimum absolute atomic E-state index is 0.231. The van der Waals surface area contributed by atoms with Crippen LogP contribution in [0.3, 0.4) is 0 Å². The van der Waals surface area contributed by atoms with E-state index in [-0.39, 0.29) is 5.92 Å². The molecule has 0 aliphatic heterocycles. The van der Waals surface area contributed by atoms with Crippen molar-refractivity contribution in [1.29, 1.82) is 0 Å². The lowest BCUT2D eigenvalue weighted by Gasteiger charge is -2.35. The van der Waals surface area contributed by atoms with Crippen LogP contribution in [0.15, 0.2) is 24.3 Å². The van der Waals surface area contributed by atoms with Crippen molar-refractivity contribution in [2.24, 2.45) is 11.8 Å². The van der Waals surface area contributed by atoms with E-state index in [1.807, 2.05) is 6.08 Å². The number of hydrogen-bond acceptors (Lipinski definition) is 2. The molecule has 2 heteroatoms. The maximum Gasteiger partial charge on any atom is 0.0893 e. The van der Waals surface area contributed by atoms with Gasteiger partial charge in [0.05, 0.1) is 11.2 Å². The third-order valence-electron chi connectivity index (χ3n) is 4.68. The molecule has 82 valence electrons. The maximum absolute atomic E-state index is 10.5. The first-order chi connectivity index (χ1) is 7.07. The molecule has 0 aromatic rings. The van der Waals surface area contributed by atoms with Crippen molar-refractivity contribution in [3.63, 3.8) is 0 Å². The van der Waals surface area contributed by atoms with Crippen molar-refractivity contribution in [3.8, 4) is 0 Å². The fourth-order valence-corrected chi connectivity index (χ4v) is 3.91. The van der Waals surface area contributed by atoms with Gasteiger partial charge in [0.25, 0.3) is 0 Å². The summed E-state index contributed by atoms with van der Waals surface area (Å²) in [5.74, 6) is 0.571. The summed E-state index contributed by atoms with van der Waals surface area (Å²) in [6.45, 7) is 3.71. The topological polar surface area (TPSA) is 40.5 Å². The van der Waals surface area contributed by atoms with E-state index in [2.05, 4.69) is 6.58 Å². The highest BCUT2D eigenvalue weighted by atomic mass is 16.3. The Kier molecular flexibility index (Phi) is 1.76. The number of rotatable bonds is 2. The standard InChI is InChI=1S/C13H18O2/c1-2-4-12(14)7-9-3-5-13(15)8-10(12)6-11(9)13/h2,7,10-11,14-15H,1,3-6,8H2. The highest BCUT2D eigenvalue weighted by molar-refractivity contribution is 5.32. The van der Waals surface area contributed by atoms with Gasteiger partial charge in [0, 0.05) is 5.92 Å². The van der Waals surface area contributed by atoms with Crippen LogP contribution in [-0.4, -0.2) is 21.4 Å². The van der Waals surface area contributed by atoms with Crippen LogP contribution in [0, 0.1) is 11.8 Å². The minimum atomic E-state index is -0.724. The van der Waals surface area contributed by atoms with Gasteiger partial charge < -0.3 is 10.2 Å². The van der Waals surface area contributed by atoms with Gasteiger partial charge in [-0.2, -0.15) is 0 Å².